The molecule has 60 heavy (non-hydrogen) atoms. The molecular formula is C48H29Cl2N5O5. The van der Waals surface area contributed by atoms with E-state index in [2.05, 4.69) is 25.8 Å². The molecule has 12 heteroatoms. The minimum atomic E-state index is -0.582. The van der Waals surface area contributed by atoms with Crippen LogP contribution < -0.4 is 5.32 Å². The van der Waals surface area contributed by atoms with Crippen molar-refractivity contribution in [3.8, 4) is 22.6 Å². The Balaban J connectivity index is 0.996. The Morgan fingerprint density at radius 1 is 0.533 bits per heavy atom. The predicted molar refractivity (Wildman–Crippen MR) is 234 cm³/mol. The van der Waals surface area contributed by atoms with Crippen molar-refractivity contribution in [2.75, 3.05) is 5.32 Å². The van der Waals surface area contributed by atoms with E-state index in [9.17, 15) is 24.6 Å². The molecule has 0 saturated heterocycles. The van der Waals surface area contributed by atoms with Crippen LogP contribution in [0.15, 0.2) is 166 Å². The van der Waals surface area contributed by atoms with Gasteiger partial charge in [0.25, 0.3) is 5.91 Å². The van der Waals surface area contributed by atoms with Crippen molar-refractivity contribution < 1.29 is 24.6 Å². The highest BCUT2D eigenvalue weighted by Gasteiger charge is 2.28. The Morgan fingerprint density at radius 2 is 1.03 bits per heavy atom. The van der Waals surface area contributed by atoms with Crippen molar-refractivity contribution in [1.82, 2.24) is 0 Å². The number of halogens is 2. The molecule has 0 bridgehead atoms. The molecule has 8 aromatic rings. The van der Waals surface area contributed by atoms with Crippen LogP contribution in [0.3, 0.4) is 0 Å². The van der Waals surface area contributed by atoms with E-state index in [1.54, 1.807) is 127 Å². The molecule has 8 aromatic carbocycles. The summed E-state index contributed by atoms with van der Waals surface area (Å²) in [6, 6.07) is 41.6. The van der Waals surface area contributed by atoms with Crippen molar-refractivity contribution in [2.45, 2.75) is 6.42 Å². The molecule has 0 heterocycles. The number of ketones is 2. The topological polar surface area (TPSA) is 153 Å². The Kier molecular flexibility index (Phi) is 9.93. The smallest absolute Gasteiger partial charge is 0.259 e. The van der Waals surface area contributed by atoms with Gasteiger partial charge in [-0.3, -0.25) is 14.4 Å². The molecule has 1 aliphatic carbocycles. The first kappa shape index (κ1) is 38.0. The fourth-order valence-corrected chi connectivity index (χ4v) is 7.67. The van der Waals surface area contributed by atoms with Gasteiger partial charge in [0.15, 0.2) is 23.1 Å². The molecule has 0 radical (unpaired) electrons. The van der Waals surface area contributed by atoms with E-state index < -0.39 is 5.91 Å². The fraction of sp³-hybridized carbons (Fsp3) is 0.0208. The summed E-state index contributed by atoms with van der Waals surface area (Å²) in [7, 11) is 0. The quantitative estimate of drug-likeness (QED) is 0.0976. The Labute approximate surface area is 352 Å². The number of fused-ring (bicyclic) bond motifs is 5. The van der Waals surface area contributed by atoms with Crippen molar-refractivity contribution in [3.05, 3.63) is 183 Å². The molecule has 1 amide bonds. The average Bonchev–Trinajstić information content (AvgIpc) is 3.53. The summed E-state index contributed by atoms with van der Waals surface area (Å²) in [5, 5.41) is 46.4. The van der Waals surface area contributed by atoms with Gasteiger partial charge in [0, 0.05) is 33.3 Å². The van der Waals surface area contributed by atoms with Gasteiger partial charge in [-0.2, -0.15) is 10.2 Å². The number of benzene rings is 8. The number of Topliss-reactive ketones (excluding diaryl/α,β-unsaturated/α-hetero) is 1. The number of phenolic OH excluding ortho intramolecular Hbond substituents is 2. The Hall–Kier alpha value is -7.53. The van der Waals surface area contributed by atoms with Crippen LogP contribution in [0.2, 0.25) is 10.0 Å². The molecule has 9 rings (SSSR count). The number of amides is 1. The highest BCUT2D eigenvalue weighted by atomic mass is 35.5. The lowest BCUT2D eigenvalue weighted by Gasteiger charge is -2.12. The first-order valence-corrected chi connectivity index (χ1v) is 19.4. The van der Waals surface area contributed by atoms with Gasteiger partial charge in [0.1, 0.15) is 11.4 Å². The lowest BCUT2D eigenvalue weighted by molar-refractivity contribution is 0.0987. The molecule has 0 saturated carbocycles. The van der Waals surface area contributed by atoms with E-state index in [1.807, 2.05) is 18.2 Å². The van der Waals surface area contributed by atoms with Crippen molar-refractivity contribution in [2.24, 2.45) is 20.5 Å². The number of nitrogens with zero attached hydrogens (tertiary/aromatic N) is 4. The molecule has 10 nitrogen and oxygen atoms in total. The van der Waals surface area contributed by atoms with E-state index in [0.29, 0.717) is 76.5 Å². The van der Waals surface area contributed by atoms with Gasteiger partial charge in [-0.15, -0.1) is 10.2 Å². The molecular weight excluding hydrogens is 797 g/mol. The number of carbonyl (C=O) groups is 3. The maximum Gasteiger partial charge on any atom is 0.259 e. The van der Waals surface area contributed by atoms with Crippen LogP contribution in [-0.2, 0) is 6.42 Å². The monoisotopic (exact) mass is 825 g/mol. The van der Waals surface area contributed by atoms with E-state index in [-0.39, 0.29) is 52.0 Å². The van der Waals surface area contributed by atoms with Gasteiger partial charge in [-0.1, -0.05) is 114 Å². The number of rotatable bonds is 9. The number of para-hydroxylation sites is 1. The summed E-state index contributed by atoms with van der Waals surface area (Å²) < 4.78 is 0. The summed E-state index contributed by atoms with van der Waals surface area (Å²) in [4.78, 5) is 40.7. The lowest BCUT2D eigenvalue weighted by atomic mass is 9.97. The third kappa shape index (κ3) is 7.04. The van der Waals surface area contributed by atoms with E-state index in [0.717, 1.165) is 0 Å². The second-order valence-electron chi connectivity index (χ2n) is 14.0. The summed E-state index contributed by atoms with van der Waals surface area (Å²) in [5.41, 5.74) is 4.16. The van der Waals surface area contributed by atoms with Crippen LogP contribution in [0.25, 0.3) is 32.7 Å². The highest BCUT2D eigenvalue weighted by Crippen LogP contribution is 2.44. The normalized spacial score (nSPS) is 12.1. The maximum absolute atomic E-state index is 13.9. The zero-order valence-corrected chi connectivity index (χ0v) is 32.7. The maximum atomic E-state index is 13.9. The van der Waals surface area contributed by atoms with E-state index >= 15 is 0 Å². The molecule has 1 aliphatic rings. The highest BCUT2D eigenvalue weighted by molar-refractivity contribution is 6.34. The minimum absolute atomic E-state index is 0.0186. The number of hydrogen-bond donors (Lipinski definition) is 3. The van der Waals surface area contributed by atoms with Crippen LogP contribution in [0.1, 0.15) is 42.2 Å². The Morgan fingerprint density at radius 3 is 1.62 bits per heavy atom. The summed E-state index contributed by atoms with van der Waals surface area (Å²) in [5.74, 6) is -1.86. The molecule has 0 aromatic heterocycles. The zero-order valence-electron chi connectivity index (χ0n) is 31.2. The fourth-order valence-electron chi connectivity index (χ4n) is 7.28. The second kappa shape index (κ2) is 15.7. The number of azo groups is 2. The molecule has 0 atom stereocenters. The molecule has 0 spiro atoms. The van der Waals surface area contributed by atoms with Gasteiger partial charge in [-0.05, 0) is 82.1 Å². The van der Waals surface area contributed by atoms with Crippen LogP contribution in [0.5, 0.6) is 11.5 Å². The molecule has 0 aliphatic heterocycles. The van der Waals surface area contributed by atoms with Gasteiger partial charge < -0.3 is 15.5 Å². The SMILES string of the molecule is O=C1c2cc(N=Nc3c(O)c(C(=O)Cc4ccccc4Cl)cc4ccccc34)ccc2-c2ccc(N=Nc3c(O)c(C(=O)Nc4ccccc4Cl)cc4ccccc34)cc21. The number of phenols is 2. The molecule has 290 valence electrons. The zero-order chi connectivity index (χ0) is 41.5. The number of anilines is 1. The number of hydrogen-bond acceptors (Lipinski definition) is 9. The van der Waals surface area contributed by atoms with E-state index in [1.165, 1.54) is 0 Å². The first-order chi connectivity index (χ1) is 29.1. The second-order valence-corrected chi connectivity index (χ2v) is 14.8. The molecule has 0 unspecified atom stereocenters. The van der Waals surface area contributed by atoms with Crippen molar-refractivity contribution in [3.63, 3.8) is 0 Å². The van der Waals surface area contributed by atoms with Gasteiger partial charge in [-0.25, -0.2) is 0 Å². The van der Waals surface area contributed by atoms with Crippen LogP contribution in [0, 0.1) is 0 Å². The van der Waals surface area contributed by atoms with Crippen molar-refractivity contribution >= 4 is 90.7 Å². The summed E-state index contributed by atoms with van der Waals surface area (Å²) in [6.07, 6.45) is -0.0186. The minimum Gasteiger partial charge on any atom is -0.505 e. The predicted octanol–water partition coefficient (Wildman–Crippen LogP) is 13.4. The number of nitrogens with one attached hydrogen (secondary N) is 1. The van der Waals surface area contributed by atoms with Crippen molar-refractivity contribution in [1.29, 1.82) is 0 Å². The van der Waals surface area contributed by atoms with Crippen LogP contribution in [0.4, 0.5) is 28.4 Å². The van der Waals surface area contributed by atoms with E-state index in [4.69, 9.17) is 23.2 Å². The van der Waals surface area contributed by atoms with Crippen LogP contribution >= 0.6 is 23.2 Å². The van der Waals surface area contributed by atoms with Crippen LogP contribution in [-0.4, -0.2) is 27.7 Å². The summed E-state index contributed by atoms with van der Waals surface area (Å²) in [6.45, 7) is 0. The number of aromatic hydroxyl groups is 2. The third-order valence-electron chi connectivity index (χ3n) is 10.3. The van der Waals surface area contributed by atoms with Gasteiger partial charge >= 0.3 is 0 Å². The average molecular weight is 827 g/mol. The lowest BCUT2D eigenvalue weighted by Crippen LogP contribution is -2.12. The molecule has 3 N–H and O–H groups in total. The number of carbonyl (C=O) groups excluding carboxylic acids is 3. The summed E-state index contributed by atoms with van der Waals surface area (Å²) >= 11 is 12.6. The standard InChI is InChI=1S/C48H29Cl2N5O5/c49-39-14-6-3-11-28(39)23-42(56)37-21-26-9-1-4-12-31(26)43(46(37)58)54-52-29-17-19-33-34-20-18-30(25-36(34)45(57)35(33)24-29)53-55-44-32-13-5-2-10-27(32)22-38(47(44)59)48(60)51-41-16-8-7-15-40(41)50/h1-22,24-25,58-59H,23H2,(H,51,60). The van der Waals surface area contributed by atoms with Gasteiger partial charge in [0.2, 0.25) is 0 Å². The molecule has 0 fully saturated rings. The third-order valence-corrected chi connectivity index (χ3v) is 11.0. The first-order valence-electron chi connectivity index (χ1n) is 18.6. The van der Waals surface area contributed by atoms with Gasteiger partial charge in [0.05, 0.1) is 33.2 Å². The largest absolute Gasteiger partial charge is 0.505 e. The Bertz CT molecular complexity index is 2970.